The van der Waals surface area contributed by atoms with Gasteiger partial charge in [-0.05, 0) is 18.6 Å². The van der Waals surface area contributed by atoms with Gasteiger partial charge >= 0.3 is 0 Å². The average molecular weight is 410 g/mol. The van der Waals surface area contributed by atoms with Gasteiger partial charge in [-0.3, -0.25) is 0 Å². The van der Waals surface area contributed by atoms with Crippen molar-refractivity contribution in [2.24, 2.45) is 10.7 Å². The topological polar surface area (TPSA) is 50.4 Å². The van der Waals surface area contributed by atoms with Gasteiger partial charge in [-0.2, -0.15) is 0 Å². The highest BCUT2D eigenvalue weighted by Crippen LogP contribution is 2.16. The molecule has 0 aliphatic carbocycles. The molecule has 0 aliphatic heterocycles. The van der Waals surface area contributed by atoms with Crippen molar-refractivity contribution < 1.29 is 0 Å². The molecule has 0 unspecified atom stereocenters. The molecule has 0 bridgehead atoms. The number of nitrogens with one attached hydrogen (secondary N) is 1. The highest BCUT2D eigenvalue weighted by Gasteiger charge is 1.97. The largest absolute Gasteiger partial charge is 0.370 e. The number of nitrogens with zero attached hydrogens (tertiary/aromatic N) is 1. The lowest BCUT2D eigenvalue weighted by molar-refractivity contribution is 0.938. The summed E-state index contributed by atoms with van der Waals surface area (Å²) in [6.07, 6.45) is 0. The Hall–Kier alpha value is -0.560. The summed E-state index contributed by atoms with van der Waals surface area (Å²) in [7, 11) is 0. The molecule has 5 heteroatoms. The molecular weight excluding hydrogens is 393 g/mol. The summed E-state index contributed by atoms with van der Waals surface area (Å²) in [5, 5.41) is 2.98. The third-order valence-electron chi connectivity index (χ3n) is 1.95. The predicted molar refractivity (Wildman–Crippen MR) is 87.7 cm³/mol. The third kappa shape index (κ3) is 6.68. The zero-order valence-corrected chi connectivity index (χ0v) is 13.7. The molecule has 0 fully saturated rings. The van der Waals surface area contributed by atoms with Gasteiger partial charge in [0.15, 0.2) is 5.96 Å². The van der Waals surface area contributed by atoms with Crippen LogP contribution in [0.1, 0.15) is 12.5 Å². The number of aliphatic imine (C=N–C) groups is 1. The van der Waals surface area contributed by atoms with Crippen molar-refractivity contribution in [3.05, 3.63) is 46.5 Å². The van der Waals surface area contributed by atoms with Crippen LogP contribution in [0.25, 0.3) is 0 Å². The van der Waals surface area contributed by atoms with Gasteiger partial charge in [0.05, 0.1) is 6.54 Å². The van der Waals surface area contributed by atoms with E-state index in [-0.39, 0.29) is 24.0 Å². The number of hydrogen-bond acceptors (Lipinski definition) is 1. The van der Waals surface area contributed by atoms with Crippen molar-refractivity contribution >= 4 is 45.9 Å². The lowest BCUT2D eigenvalue weighted by Gasteiger charge is -2.05. The molecule has 0 saturated heterocycles. The first-order valence-electron chi connectivity index (χ1n) is 5.01. The Kier molecular flexibility index (Phi) is 8.24. The lowest BCUT2D eigenvalue weighted by Crippen LogP contribution is -2.32. The van der Waals surface area contributed by atoms with Gasteiger partial charge < -0.3 is 11.1 Å². The Morgan fingerprint density at radius 1 is 1.47 bits per heavy atom. The van der Waals surface area contributed by atoms with Crippen molar-refractivity contribution in [1.29, 1.82) is 0 Å². The first-order chi connectivity index (χ1) is 7.59. The van der Waals surface area contributed by atoms with Crippen molar-refractivity contribution in [3.63, 3.8) is 0 Å². The normalized spacial score (nSPS) is 10.6. The summed E-state index contributed by atoms with van der Waals surface area (Å²) in [4.78, 5) is 4.24. The molecule has 1 rings (SSSR count). The first-order valence-corrected chi connectivity index (χ1v) is 5.80. The second kappa shape index (κ2) is 8.52. The summed E-state index contributed by atoms with van der Waals surface area (Å²) in [6.45, 7) is 6.94. The number of nitrogens with two attached hydrogens (primary N) is 1. The van der Waals surface area contributed by atoms with Crippen molar-refractivity contribution in [3.8, 4) is 0 Å². The van der Waals surface area contributed by atoms with Crippen LogP contribution in [0.15, 0.2) is 45.9 Å². The van der Waals surface area contributed by atoms with E-state index in [9.17, 15) is 0 Å². The highest BCUT2D eigenvalue weighted by molar-refractivity contribution is 14.0. The van der Waals surface area contributed by atoms with E-state index in [1.54, 1.807) is 0 Å². The molecule has 0 spiro atoms. The Labute approximate surface area is 128 Å². The molecule has 0 aromatic heterocycles. The molecule has 0 radical (unpaired) electrons. The number of benzene rings is 1. The van der Waals surface area contributed by atoms with Crippen LogP contribution < -0.4 is 11.1 Å². The van der Waals surface area contributed by atoms with E-state index in [0.29, 0.717) is 19.0 Å². The van der Waals surface area contributed by atoms with Gasteiger partial charge in [0.25, 0.3) is 0 Å². The molecule has 1 aromatic carbocycles. The summed E-state index contributed by atoms with van der Waals surface area (Å²) in [5.74, 6) is 0.443. The number of halogens is 2. The Balaban J connectivity index is 0.00000256. The van der Waals surface area contributed by atoms with Gasteiger partial charge in [0.1, 0.15) is 0 Å². The maximum absolute atomic E-state index is 5.70. The van der Waals surface area contributed by atoms with Crippen LogP contribution in [0.4, 0.5) is 0 Å². The Bertz CT molecular complexity index is 404. The van der Waals surface area contributed by atoms with Crippen molar-refractivity contribution in [2.45, 2.75) is 13.5 Å². The first kappa shape index (κ1) is 16.4. The van der Waals surface area contributed by atoms with Gasteiger partial charge in [-0.15, -0.1) is 24.0 Å². The molecule has 0 heterocycles. The van der Waals surface area contributed by atoms with Crippen LogP contribution >= 0.6 is 39.9 Å². The standard InChI is InChI=1S/C12H16BrN3.HI/c1-9(2)7-15-12(14)16-8-10-5-3-4-6-11(10)13;/h3-6H,1,7-8H2,2H3,(H3,14,15,16);1H. The summed E-state index contributed by atoms with van der Waals surface area (Å²) in [6, 6.07) is 7.95. The average Bonchev–Trinajstić information content (AvgIpc) is 2.25. The molecule has 94 valence electrons. The molecular formula is C12H17BrIN3. The number of hydrogen-bond donors (Lipinski definition) is 2. The minimum Gasteiger partial charge on any atom is -0.370 e. The minimum absolute atomic E-state index is 0. The predicted octanol–water partition coefficient (Wildman–Crippen LogP) is 3.05. The van der Waals surface area contributed by atoms with Crippen molar-refractivity contribution in [1.82, 2.24) is 5.32 Å². The molecule has 0 aliphatic rings. The Morgan fingerprint density at radius 3 is 2.71 bits per heavy atom. The van der Waals surface area contributed by atoms with Crippen molar-refractivity contribution in [2.75, 3.05) is 6.54 Å². The SMILES string of the molecule is C=C(C)CNC(N)=NCc1ccccc1Br.I. The van der Waals surface area contributed by atoms with Crippen LogP contribution in [0.5, 0.6) is 0 Å². The van der Waals surface area contributed by atoms with Gasteiger partial charge in [0, 0.05) is 11.0 Å². The smallest absolute Gasteiger partial charge is 0.189 e. The number of guanidine groups is 1. The molecule has 0 atom stereocenters. The zero-order valence-electron chi connectivity index (χ0n) is 9.74. The quantitative estimate of drug-likeness (QED) is 0.347. The maximum atomic E-state index is 5.70. The van der Waals surface area contributed by atoms with E-state index >= 15 is 0 Å². The van der Waals surface area contributed by atoms with Crippen LogP contribution in [-0.2, 0) is 6.54 Å². The van der Waals surface area contributed by atoms with Gasteiger partial charge in [0.2, 0.25) is 0 Å². The van der Waals surface area contributed by atoms with E-state index in [4.69, 9.17) is 5.73 Å². The van der Waals surface area contributed by atoms with Crippen LogP contribution in [-0.4, -0.2) is 12.5 Å². The fraction of sp³-hybridized carbons (Fsp3) is 0.250. The van der Waals surface area contributed by atoms with Crippen LogP contribution in [0.2, 0.25) is 0 Å². The molecule has 3 N–H and O–H groups in total. The van der Waals surface area contributed by atoms with E-state index in [1.165, 1.54) is 0 Å². The third-order valence-corrected chi connectivity index (χ3v) is 2.72. The monoisotopic (exact) mass is 409 g/mol. The van der Waals surface area contributed by atoms with E-state index in [1.807, 2.05) is 31.2 Å². The lowest BCUT2D eigenvalue weighted by atomic mass is 10.2. The van der Waals surface area contributed by atoms with E-state index < -0.39 is 0 Å². The summed E-state index contributed by atoms with van der Waals surface area (Å²) < 4.78 is 1.05. The molecule has 0 saturated carbocycles. The van der Waals surface area contributed by atoms with Gasteiger partial charge in [-0.25, -0.2) is 4.99 Å². The van der Waals surface area contributed by atoms with Gasteiger partial charge in [-0.1, -0.05) is 46.3 Å². The Morgan fingerprint density at radius 2 is 2.12 bits per heavy atom. The van der Waals surface area contributed by atoms with Crippen LogP contribution in [0.3, 0.4) is 0 Å². The summed E-state index contributed by atoms with van der Waals surface area (Å²) >= 11 is 3.46. The van der Waals surface area contributed by atoms with E-state index in [0.717, 1.165) is 15.6 Å². The number of rotatable bonds is 4. The van der Waals surface area contributed by atoms with Crippen LogP contribution in [0, 0.1) is 0 Å². The highest BCUT2D eigenvalue weighted by atomic mass is 127. The minimum atomic E-state index is 0. The second-order valence-electron chi connectivity index (χ2n) is 3.60. The molecule has 1 aromatic rings. The fourth-order valence-corrected chi connectivity index (χ4v) is 1.50. The molecule has 17 heavy (non-hydrogen) atoms. The summed E-state index contributed by atoms with van der Waals surface area (Å²) in [5.41, 5.74) is 7.84. The second-order valence-corrected chi connectivity index (χ2v) is 4.46. The fourth-order valence-electron chi connectivity index (χ4n) is 1.09. The molecule has 0 amide bonds. The molecule has 3 nitrogen and oxygen atoms in total. The van der Waals surface area contributed by atoms with E-state index in [2.05, 4.69) is 32.8 Å². The zero-order chi connectivity index (χ0) is 12.0. The maximum Gasteiger partial charge on any atom is 0.189 e.